The second-order valence-corrected chi connectivity index (χ2v) is 3.95. The molecule has 0 amide bonds. The molecule has 0 saturated carbocycles. The fourth-order valence-electron chi connectivity index (χ4n) is 1.30. The third-order valence-electron chi connectivity index (χ3n) is 2.13. The average Bonchev–Trinajstić information content (AvgIpc) is 1.79. The molecule has 1 aliphatic carbocycles. The van der Waals surface area contributed by atoms with E-state index in [1.807, 2.05) is 0 Å². The Hall–Kier alpha value is -0.510. The van der Waals surface area contributed by atoms with Crippen molar-refractivity contribution in [2.24, 2.45) is 5.41 Å². The van der Waals surface area contributed by atoms with Gasteiger partial charge in [0.25, 0.3) is 0 Å². The van der Waals surface area contributed by atoms with Crippen LogP contribution in [0.15, 0.2) is 11.1 Å². The molecular weight excluding hydrogens is 205 g/mol. The summed E-state index contributed by atoms with van der Waals surface area (Å²) >= 11 is 5.44. The van der Waals surface area contributed by atoms with Crippen LogP contribution in [0.25, 0.3) is 0 Å². The summed E-state index contributed by atoms with van der Waals surface area (Å²) in [7, 11) is 0. The van der Waals surface area contributed by atoms with Gasteiger partial charge in [-0.2, -0.15) is 13.2 Å². The van der Waals surface area contributed by atoms with E-state index >= 15 is 0 Å². The number of hydrogen-bond acceptors (Lipinski definition) is 1. The first kappa shape index (κ1) is 10.6. The highest BCUT2D eigenvalue weighted by atomic mass is 35.5. The number of hydrogen-bond donors (Lipinski definition) is 0. The van der Waals surface area contributed by atoms with E-state index in [9.17, 15) is 18.0 Å². The van der Waals surface area contributed by atoms with Crippen molar-refractivity contribution in [2.75, 3.05) is 0 Å². The van der Waals surface area contributed by atoms with Gasteiger partial charge < -0.3 is 0 Å². The molecule has 1 unspecified atom stereocenters. The highest BCUT2D eigenvalue weighted by Crippen LogP contribution is 2.48. The quantitative estimate of drug-likeness (QED) is 0.603. The van der Waals surface area contributed by atoms with Crippen LogP contribution in [0.3, 0.4) is 0 Å². The molecule has 1 atom stereocenters. The molecule has 0 heterocycles. The van der Waals surface area contributed by atoms with Crippen molar-refractivity contribution in [1.29, 1.82) is 0 Å². The zero-order chi connectivity index (χ0) is 10.3. The Kier molecular flexibility index (Phi) is 2.45. The lowest BCUT2D eigenvalue weighted by Crippen LogP contribution is -2.38. The van der Waals surface area contributed by atoms with Crippen molar-refractivity contribution >= 4 is 17.4 Å². The van der Waals surface area contributed by atoms with E-state index in [2.05, 4.69) is 0 Å². The summed E-state index contributed by atoms with van der Waals surface area (Å²) in [5.41, 5.74) is -1.99. The van der Waals surface area contributed by atoms with E-state index in [0.717, 1.165) is 13.0 Å². The third kappa shape index (κ3) is 2.05. The average molecular weight is 213 g/mol. The van der Waals surface area contributed by atoms with Gasteiger partial charge in [0.2, 0.25) is 0 Å². The van der Waals surface area contributed by atoms with Gasteiger partial charge in [0.05, 0.1) is 5.41 Å². The van der Waals surface area contributed by atoms with Gasteiger partial charge in [-0.25, -0.2) is 0 Å². The largest absolute Gasteiger partial charge is 0.395 e. The van der Waals surface area contributed by atoms with Crippen LogP contribution in [0.4, 0.5) is 13.2 Å². The Bertz CT molecular complexity index is 269. The second kappa shape index (κ2) is 3.01. The maximum Gasteiger partial charge on any atom is 0.395 e. The van der Waals surface area contributed by atoms with Gasteiger partial charge in [-0.05, 0) is 12.5 Å². The molecule has 74 valence electrons. The highest BCUT2D eigenvalue weighted by molar-refractivity contribution is 6.31. The molecule has 0 aromatic rings. The molecule has 1 rings (SSSR count). The van der Waals surface area contributed by atoms with E-state index in [1.165, 1.54) is 0 Å². The van der Waals surface area contributed by atoms with Crippen LogP contribution in [0.5, 0.6) is 0 Å². The molecule has 0 aromatic carbocycles. The lowest BCUT2D eigenvalue weighted by molar-refractivity contribution is -0.219. The third-order valence-corrected chi connectivity index (χ3v) is 2.37. The van der Waals surface area contributed by atoms with Crippen molar-refractivity contribution in [1.82, 2.24) is 0 Å². The normalized spacial score (nSPS) is 30.2. The topological polar surface area (TPSA) is 17.1 Å². The molecule has 1 aliphatic rings. The van der Waals surface area contributed by atoms with Crippen molar-refractivity contribution in [3.8, 4) is 0 Å². The SMILES string of the molecule is CC1(C(F)(F)F)CC(=O)C=C(Cl)C1. The first-order chi connectivity index (χ1) is 5.74. The number of carbonyl (C=O) groups is 1. The summed E-state index contributed by atoms with van der Waals surface area (Å²) in [4.78, 5) is 10.9. The monoisotopic (exact) mass is 212 g/mol. The lowest BCUT2D eigenvalue weighted by atomic mass is 9.78. The molecule has 0 aromatic heterocycles. The van der Waals surface area contributed by atoms with Crippen LogP contribution in [0.1, 0.15) is 19.8 Å². The fraction of sp³-hybridized carbons (Fsp3) is 0.625. The first-order valence-corrected chi connectivity index (χ1v) is 4.08. The van der Waals surface area contributed by atoms with Gasteiger partial charge in [0.1, 0.15) is 0 Å². The van der Waals surface area contributed by atoms with E-state index in [1.54, 1.807) is 0 Å². The molecule has 0 N–H and O–H groups in total. The van der Waals surface area contributed by atoms with Crippen LogP contribution in [0, 0.1) is 5.41 Å². The van der Waals surface area contributed by atoms with E-state index < -0.39 is 23.8 Å². The maximum absolute atomic E-state index is 12.4. The second-order valence-electron chi connectivity index (χ2n) is 3.47. The summed E-state index contributed by atoms with van der Waals surface area (Å²) in [5, 5.41) is -0.0175. The molecule has 0 fully saturated rings. The van der Waals surface area contributed by atoms with Gasteiger partial charge in [0, 0.05) is 11.5 Å². The number of halogens is 4. The van der Waals surface area contributed by atoms with Crippen LogP contribution in [-0.2, 0) is 4.79 Å². The summed E-state index contributed by atoms with van der Waals surface area (Å²) in [5.74, 6) is -0.559. The number of rotatable bonds is 0. The maximum atomic E-state index is 12.4. The molecule has 0 spiro atoms. The minimum absolute atomic E-state index is 0.0175. The Morgan fingerprint density at radius 1 is 1.46 bits per heavy atom. The number of alkyl halides is 3. The molecular formula is C8H8ClF3O. The first-order valence-electron chi connectivity index (χ1n) is 3.70. The van der Waals surface area contributed by atoms with Gasteiger partial charge in [-0.1, -0.05) is 18.5 Å². The molecule has 0 saturated heterocycles. The molecule has 0 radical (unpaired) electrons. The van der Waals surface area contributed by atoms with Gasteiger partial charge >= 0.3 is 6.18 Å². The summed E-state index contributed by atoms with van der Waals surface area (Å²) < 4.78 is 37.3. The Morgan fingerprint density at radius 3 is 2.38 bits per heavy atom. The molecule has 13 heavy (non-hydrogen) atoms. The van der Waals surface area contributed by atoms with Crippen LogP contribution >= 0.6 is 11.6 Å². The van der Waals surface area contributed by atoms with Gasteiger partial charge in [-0.15, -0.1) is 0 Å². The molecule has 0 aliphatic heterocycles. The Balaban J connectivity index is 2.97. The number of ketones is 1. The van der Waals surface area contributed by atoms with Crippen LogP contribution < -0.4 is 0 Å². The van der Waals surface area contributed by atoms with Gasteiger partial charge in [-0.3, -0.25) is 4.79 Å². The standard InChI is InChI=1S/C8H8ClF3O/c1-7(8(10,11)12)3-5(9)2-6(13)4-7/h2H,3-4H2,1H3. The summed E-state index contributed by atoms with van der Waals surface area (Å²) in [6, 6.07) is 0. The Labute approximate surface area is 78.6 Å². The summed E-state index contributed by atoms with van der Waals surface area (Å²) in [6.45, 7) is 1.01. The number of allylic oxidation sites excluding steroid dienone is 2. The van der Waals surface area contributed by atoms with Crippen molar-refractivity contribution in [3.63, 3.8) is 0 Å². The van der Waals surface area contributed by atoms with Crippen LogP contribution in [-0.4, -0.2) is 12.0 Å². The minimum Gasteiger partial charge on any atom is -0.295 e. The lowest BCUT2D eigenvalue weighted by Gasteiger charge is -2.33. The predicted octanol–water partition coefficient (Wildman–Crippen LogP) is 3.04. The minimum atomic E-state index is -4.38. The smallest absolute Gasteiger partial charge is 0.295 e. The van der Waals surface area contributed by atoms with Crippen LogP contribution in [0.2, 0.25) is 0 Å². The summed E-state index contributed by atoms with van der Waals surface area (Å²) in [6.07, 6.45) is -4.12. The van der Waals surface area contributed by atoms with E-state index in [-0.39, 0.29) is 11.5 Å². The van der Waals surface area contributed by atoms with Crippen molar-refractivity contribution in [2.45, 2.75) is 25.9 Å². The fourth-order valence-corrected chi connectivity index (χ4v) is 1.71. The zero-order valence-electron chi connectivity index (χ0n) is 6.91. The van der Waals surface area contributed by atoms with Gasteiger partial charge in [0.15, 0.2) is 5.78 Å². The van der Waals surface area contributed by atoms with Crippen molar-refractivity contribution < 1.29 is 18.0 Å². The number of carbonyl (C=O) groups excluding carboxylic acids is 1. The zero-order valence-corrected chi connectivity index (χ0v) is 7.67. The Morgan fingerprint density at radius 2 is 2.00 bits per heavy atom. The highest BCUT2D eigenvalue weighted by Gasteiger charge is 2.53. The van der Waals surface area contributed by atoms with E-state index in [4.69, 9.17) is 11.6 Å². The predicted molar refractivity (Wildman–Crippen MR) is 42.3 cm³/mol. The van der Waals surface area contributed by atoms with Crippen molar-refractivity contribution in [3.05, 3.63) is 11.1 Å². The molecule has 5 heteroatoms. The molecule has 0 bridgehead atoms. The van der Waals surface area contributed by atoms with E-state index in [0.29, 0.717) is 0 Å². The molecule has 1 nitrogen and oxygen atoms in total.